The minimum absolute atomic E-state index is 0.0606. The zero-order valence-electron chi connectivity index (χ0n) is 7.73. The molecule has 0 aromatic heterocycles. The second kappa shape index (κ2) is 4.21. The van der Waals surface area contributed by atoms with E-state index >= 15 is 0 Å². The smallest absolute Gasteiger partial charge is 0.0839 e. The predicted octanol–water partition coefficient (Wildman–Crippen LogP) is 0.686. The van der Waals surface area contributed by atoms with Gasteiger partial charge in [0.15, 0.2) is 0 Å². The molecule has 1 aliphatic rings. The molecular formula is C9H18O3. The van der Waals surface area contributed by atoms with Gasteiger partial charge in [-0.1, -0.05) is 6.92 Å². The number of hydrogen-bond acceptors (Lipinski definition) is 3. The van der Waals surface area contributed by atoms with Gasteiger partial charge in [-0.3, -0.25) is 0 Å². The van der Waals surface area contributed by atoms with E-state index in [0.29, 0.717) is 0 Å². The van der Waals surface area contributed by atoms with Gasteiger partial charge in [0.05, 0.1) is 24.4 Å². The Morgan fingerprint density at radius 2 is 1.92 bits per heavy atom. The third kappa shape index (κ3) is 2.19. The van der Waals surface area contributed by atoms with Crippen LogP contribution in [0.2, 0.25) is 0 Å². The van der Waals surface area contributed by atoms with Crippen molar-refractivity contribution in [1.82, 2.24) is 0 Å². The monoisotopic (exact) mass is 174 g/mol. The Hall–Kier alpha value is -0.120. The van der Waals surface area contributed by atoms with Gasteiger partial charge in [0.2, 0.25) is 0 Å². The number of rotatable bonds is 3. The first kappa shape index (κ1) is 9.96. The molecule has 0 aromatic carbocycles. The Morgan fingerprint density at radius 3 is 2.33 bits per heavy atom. The highest BCUT2D eigenvalue weighted by Crippen LogP contribution is 2.25. The molecule has 1 fully saturated rings. The summed E-state index contributed by atoms with van der Waals surface area (Å²) in [6, 6.07) is 0. The maximum Gasteiger partial charge on any atom is 0.0839 e. The number of ether oxygens (including phenoxy) is 1. The van der Waals surface area contributed by atoms with Crippen molar-refractivity contribution in [3.05, 3.63) is 0 Å². The SMILES string of the molecule is CC[C@H](O)C1CCC([C@@H](C)O)O1. The van der Waals surface area contributed by atoms with Crippen LogP contribution in [-0.2, 0) is 4.74 Å². The van der Waals surface area contributed by atoms with E-state index in [9.17, 15) is 10.2 Å². The van der Waals surface area contributed by atoms with Gasteiger partial charge < -0.3 is 14.9 Å². The van der Waals surface area contributed by atoms with Crippen molar-refractivity contribution in [2.45, 2.75) is 57.5 Å². The molecule has 0 bridgehead atoms. The van der Waals surface area contributed by atoms with Crippen molar-refractivity contribution in [3.63, 3.8) is 0 Å². The van der Waals surface area contributed by atoms with Crippen LogP contribution < -0.4 is 0 Å². The lowest BCUT2D eigenvalue weighted by Crippen LogP contribution is -2.29. The van der Waals surface area contributed by atoms with Gasteiger partial charge in [0.25, 0.3) is 0 Å². The van der Waals surface area contributed by atoms with Gasteiger partial charge in [-0.15, -0.1) is 0 Å². The quantitative estimate of drug-likeness (QED) is 0.661. The normalized spacial score (nSPS) is 35.0. The van der Waals surface area contributed by atoms with E-state index in [1.165, 1.54) is 0 Å². The molecular weight excluding hydrogens is 156 g/mol. The summed E-state index contributed by atoms with van der Waals surface area (Å²) in [5.41, 5.74) is 0. The summed E-state index contributed by atoms with van der Waals surface area (Å²) in [5, 5.41) is 18.7. The highest BCUT2D eigenvalue weighted by molar-refractivity contribution is 4.80. The average Bonchev–Trinajstić information content (AvgIpc) is 2.51. The fourth-order valence-corrected chi connectivity index (χ4v) is 1.59. The van der Waals surface area contributed by atoms with E-state index in [1.54, 1.807) is 6.92 Å². The standard InChI is InChI=1S/C9H18O3/c1-3-7(11)9-5-4-8(12-9)6(2)10/h6-11H,3-5H2,1-2H3/t6-,7+,8?,9?/m1/s1. The van der Waals surface area contributed by atoms with Gasteiger partial charge in [-0.2, -0.15) is 0 Å². The van der Waals surface area contributed by atoms with Crippen LogP contribution in [0.4, 0.5) is 0 Å². The Labute approximate surface area is 73.4 Å². The van der Waals surface area contributed by atoms with E-state index in [4.69, 9.17) is 4.74 Å². The average molecular weight is 174 g/mol. The van der Waals surface area contributed by atoms with E-state index in [0.717, 1.165) is 19.3 Å². The summed E-state index contributed by atoms with van der Waals surface area (Å²) < 4.78 is 5.48. The van der Waals surface area contributed by atoms with Crippen LogP contribution in [0, 0.1) is 0 Å². The second-order valence-electron chi connectivity index (χ2n) is 3.51. The van der Waals surface area contributed by atoms with Crippen LogP contribution in [0.25, 0.3) is 0 Å². The molecule has 0 aromatic rings. The molecule has 0 amide bonds. The van der Waals surface area contributed by atoms with Gasteiger partial charge >= 0.3 is 0 Å². The van der Waals surface area contributed by atoms with Gasteiger partial charge in [0.1, 0.15) is 0 Å². The summed E-state index contributed by atoms with van der Waals surface area (Å²) in [6.45, 7) is 3.66. The molecule has 2 N–H and O–H groups in total. The van der Waals surface area contributed by atoms with E-state index < -0.39 is 6.10 Å². The van der Waals surface area contributed by atoms with Crippen molar-refractivity contribution < 1.29 is 14.9 Å². The van der Waals surface area contributed by atoms with Crippen LogP contribution in [0.3, 0.4) is 0 Å². The lowest BCUT2D eigenvalue weighted by molar-refractivity contribution is -0.0705. The van der Waals surface area contributed by atoms with E-state index in [2.05, 4.69) is 0 Å². The topological polar surface area (TPSA) is 49.7 Å². The lowest BCUT2D eigenvalue weighted by Gasteiger charge is -2.19. The Morgan fingerprint density at radius 1 is 1.33 bits per heavy atom. The number of aliphatic hydroxyl groups is 2. The minimum Gasteiger partial charge on any atom is -0.391 e. The summed E-state index contributed by atoms with van der Waals surface area (Å²) in [4.78, 5) is 0. The first-order valence-electron chi connectivity index (χ1n) is 4.66. The van der Waals surface area contributed by atoms with Gasteiger partial charge in [-0.05, 0) is 26.2 Å². The van der Waals surface area contributed by atoms with Crippen molar-refractivity contribution in [2.75, 3.05) is 0 Å². The molecule has 1 rings (SSSR count). The molecule has 12 heavy (non-hydrogen) atoms. The second-order valence-corrected chi connectivity index (χ2v) is 3.51. The largest absolute Gasteiger partial charge is 0.391 e. The number of aliphatic hydroxyl groups excluding tert-OH is 2. The van der Waals surface area contributed by atoms with Crippen molar-refractivity contribution in [3.8, 4) is 0 Å². The molecule has 72 valence electrons. The zero-order valence-corrected chi connectivity index (χ0v) is 7.73. The Balaban J connectivity index is 2.35. The highest BCUT2D eigenvalue weighted by atomic mass is 16.5. The Kier molecular flexibility index (Phi) is 3.50. The molecule has 0 spiro atoms. The molecule has 0 aliphatic carbocycles. The van der Waals surface area contributed by atoms with Crippen molar-refractivity contribution in [1.29, 1.82) is 0 Å². The van der Waals surface area contributed by atoms with Gasteiger partial charge in [0, 0.05) is 0 Å². The van der Waals surface area contributed by atoms with Crippen LogP contribution in [0.1, 0.15) is 33.1 Å². The maximum atomic E-state index is 9.45. The van der Waals surface area contributed by atoms with Crippen molar-refractivity contribution >= 4 is 0 Å². The summed E-state index contributed by atoms with van der Waals surface area (Å²) in [7, 11) is 0. The molecule has 1 heterocycles. The first-order chi connectivity index (χ1) is 5.65. The maximum absolute atomic E-state index is 9.45. The fourth-order valence-electron chi connectivity index (χ4n) is 1.59. The predicted molar refractivity (Wildman–Crippen MR) is 45.9 cm³/mol. The van der Waals surface area contributed by atoms with Gasteiger partial charge in [-0.25, -0.2) is 0 Å². The highest BCUT2D eigenvalue weighted by Gasteiger charge is 2.31. The molecule has 3 nitrogen and oxygen atoms in total. The van der Waals surface area contributed by atoms with Crippen LogP contribution in [-0.4, -0.2) is 34.6 Å². The molecule has 0 saturated carbocycles. The third-order valence-electron chi connectivity index (χ3n) is 2.47. The van der Waals surface area contributed by atoms with E-state index in [1.807, 2.05) is 6.92 Å². The summed E-state index contributed by atoms with van der Waals surface area (Å²) in [5.74, 6) is 0. The first-order valence-corrected chi connectivity index (χ1v) is 4.66. The molecule has 1 aliphatic heterocycles. The summed E-state index contributed by atoms with van der Waals surface area (Å²) in [6.07, 6.45) is 1.53. The van der Waals surface area contributed by atoms with Crippen LogP contribution in [0.5, 0.6) is 0 Å². The lowest BCUT2D eigenvalue weighted by atomic mass is 10.1. The fraction of sp³-hybridized carbons (Fsp3) is 1.00. The zero-order chi connectivity index (χ0) is 9.14. The molecule has 2 unspecified atom stereocenters. The Bertz CT molecular complexity index is 136. The molecule has 4 atom stereocenters. The van der Waals surface area contributed by atoms with Crippen LogP contribution in [0.15, 0.2) is 0 Å². The number of hydrogen-bond donors (Lipinski definition) is 2. The minimum atomic E-state index is -0.418. The molecule has 0 radical (unpaired) electrons. The summed E-state index contributed by atoms with van der Waals surface area (Å²) >= 11 is 0. The third-order valence-corrected chi connectivity index (χ3v) is 2.47. The van der Waals surface area contributed by atoms with E-state index in [-0.39, 0.29) is 18.3 Å². The molecule has 1 saturated heterocycles. The van der Waals surface area contributed by atoms with Crippen LogP contribution >= 0.6 is 0 Å². The van der Waals surface area contributed by atoms with Crippen molar-refractivity contribution in [2.24, 2.45) is 0 Å². The molecule has 3 heteroatoms.